The van der Waals surface area contributed by atoms with Gasteiger partial charge in [-0.05, 0) is 12.8 Å². The first-order valence-corrected chi connectivity index (χ1v) is 7.07. The van der Waals surface area contributed by atoms with E-state index < -0.39 is 0 Å². The summed E-state index contributed by atoms with van der Waals surface area (Å²) in [7, 11) is 3.62. The minimum atomic E-state index is 0.135. The second kappa shape index (κ2) is 5.55. The van der Waals surface area contributed by atoms with Crippen molar-refractivity contribution >= 4 is 28.7 Å². The number of aromatic nitrogens is 4. The van der Waals surface area contributed by atoms with Crippen LogP contribution in [0.15, 0.2) is 6.20 Å². The maximum absolute atomic E-state index is 12.3. The first kappa shape index (κ1) is 13.6. The largest absolute Gasteiger partial charge is 0.357 e. The third-order valence-corrected chi connectivity index (χ3v) is 3.71. The van der Waals surface area contributed by atoms with Crippen molar-refractivity contribution in [2.75, 3.05) is 43.9 Å². The fourth-order valence-electron chi connectivity index (χ4n) is 2.57. The lowest BCUT2D eigenvalue weighted by molar-refractivity contribution is -0.128. The Labute approximate surface area is 122 Å². The highest BCUT2D eigenvalue weighted by Gasteiger charge is 2.21. The number of fused-ring (bicyclic) bond motifs is 1. The molecule has 0 radical (unpaired) electrons. The minimum absolute atomic E-state index is 0.135. The topological polar surface area (TPSA) is 90.0 Å². The third kappa shape index (κ3) is 2.61. The second-order valence-electron chi connectivity index (χ2n) is 5.20. The lowest BCUT2D eigenvalue weighted by Gasteiger charge is -2.22. The predicted octanol–water partition coefficient (Wildman–Crippen LogP) is 0.453. The molecule has 3 heterocycles. The zero-order chi connectivity index (χ0) is 14.8. The molecular formula is C13H19N7O. The summed E-state index contributed by atoms with van der Waals surface area (Å²) in [6.07, 6.45) is 3.87. The monoisotopic (exact) mass is 289 g/mol. The Bertz CT molecular complexity index is 647. The molecule has 0 unspecified atom stereocenters. The molecule has 0 aromatic carbocycles. The van der Waals surface area contributed by atoms with E-state index in [4.69, 9.17) is 0 Å². The molecule has 1 saturated heterocycles. The zero-order valence-corrected chi connectivity index (χ0v) is 12.3. The lowest BCUT2D eigenvalue weighted by atomic mass is 10.3. The van der Waals surface area contributed by atoms with E-state index in [1.165, 1.54) is 0 Å². The van der Waals surface area contributed by atoms with Gasteiger partial charge in [0.15, 0.2) is 5.65 Å². The molecule has 1 aliphatic heterocycles. The summed E-state index contributed by atoms with van der Waals surface area (Å²) < 4.78 is 0. The van der Waals surface area contributed by atoms with Gasteiger partial charge >= 0.3 is 0 Å². The van der Waals surface area contributed by atoms with Crippen LogP contribution in [0.25, 0.3) is 11.0 Å². The maximum atomic E-state index is 12.3. The van der Waals surface area contributed by atoms with Crippen molar-refractivity contribution in [3.63, 3.8) is 0 Å². The number of nitrogens with one attached hydrogen (secondary N) is 2. The molecule has 3 rings (SSSR count). The summed E-state index contributed by atoms with van der Waals surface area (Å²) in [6.45, 7) is 2.03. The van der Waals surface area contributed by atoms with Crippen LogP contribution < -0.4 is 10.2 Å². The highest BCUT2D eigenvalue weighted by Crippen LogP contribution is 2.23. The molecule has 8 heteroatoms. The van der Waals surface area contributed by atoms with Gasteiger partial charge in [0, 0.05) is 27.2 Å². The number of nitrogens with zero attached hydrogens (tertiary/aromatic N) is 5. The average molecular weight is 289 g/mol. The number of rotatable bonds is 4. The molecule has 1 aliphatic rings. The average Bonchev–Trinajstić information content (AvgIpc) is 3.16. The third-order valence-electron chi connectivity index (χ3n) is 3.71. The molecule has 2 aromatic heterocycles. The van der Waals surface area contributed by atoms with Gasteiger partial charge in [0.1, 0.15) is 5.82 Å². The van der Waals surface area contributed by atoms with Crippen LogP contribution in [0.5, 0.6) is 0 Å². The molecule has 0 saturated carbocycles. The number of anilines is 2. The van der Waals surface area contributed by atoms with Crippen molar-refractivity contribution in [2.45, 2.75) is 12.8 Å². The summed E-state index contributed by atoms with van der Waals surface area (Å²) in [4.78, 5) is 24.7. The van der Waals surface area contributed by atoms with Crippen molar-refractivity contribution in [1.29, 1.82) is 0 Å². The minimum Gasteiger partial charge on any atom is -0.357 e. The predicted molar refractivity (Wildman–Crippen MR) is 80.3 cm³/mol. The Hall–Kier alpha value is -2.38. The van der Waals surface area contributed by atoms with Gasteiger partial charge in [-0.3, -0.25) is 9.89 Å². The van der Waals surface area contributed by atoms with E-state index >= 15 is 0 Å². The number of likely N-dealkylation sites (N-methyl/N-ethyl adjacent to an activating group) is 1. The number of carbonyl (C=O) groups excluding carboxylic acids is 1. The molecule has 0 bridgehead atoms. The van der Waals surface area contributed by atoms with E-state index in [2.05, 4.69) is 25.5 Å². The highest BCUT2D eigenvalue weighted by molar-refractivity contribution is 5.90. The van der Waals surface area contributed by atoms with Gasteiger partial charge in [0.25, 0.3) is 0 Å². The SMILES string of the molecule is CNc1nc(N(C)CC(=O)N2CCCC2)c2cn[nH]c2n1. The summed E-state index contributed by atoms with van der Waals surface area (Å²) in [5, 5.41) is 10.6. The van der Waals surface area contributed by atoms with Crippen molar-refractivity contribution in [3.8, 4) is 0 Å². The molecule has 2 N–H and O–H groups in total. The number of hydrogen-bond acceptors (Lipinski definition) is 6. The van der Waals surface area contributed by atoms with E-state index in [1.807, 2.05) is 16.8 Å². The number of aromatic amines is 1. The molecule has 2 aromatic rings. The molecule has 21 heavy (non-hydrogen) atoms. The van der Waals surface area contributed by atoms with Gasteiger partial charge in [-0.15, -0.1) is 0 Å². The van der Waals surface area contributed by atoms with Crippen LogP contribution in [-0.4, -0.2) is 64.7 Å². The van der Waals surface area contributed by atoms with Crippen molar-refractivity contribution < 1.29 is 4.79 Å². The molecule has 8 nitrogen and oxygen atoms in total. The summed E-state index contributed by atoms with van der Waals surface area (Å²) in [5.74, 6) is 1.34. The van der Waals surface area contributed by atoms with E-state index in [0.717, 1.165) is 31.3 Å². The molecule has 0 spiro atoms. The van der Waals surface area contributed by atoms with Gasteiger partial charge in [0.05, 0.1) is 18.1 Å². The van der Waals surface area contributed by atoms with Gasteiger partial charge in [0.2, 0.25) is 11.9 Å². The van der Waals surface area contributed by atoms with E-state index in [9.17, 15) is 4.79 Å². The van der Waals surface area contributed by atoms with Gasteiger partial charge in [-0.2, -0.15) is 15.1 Å². The smallest absolute Gasteiger partial charge is 0.242 e. The number of H-pyrrole nitrogens is 1. The van der Waals surface area contributed by atoms with Gasteiger partial charge < -0.3 is 15.1 Å². The second-order valence-corrected chi connectivity index (χ2v) is 5.20. The molecule has 1 fully saturated rings. The normalized spacial score (nSPS) is 14.7. The number of amides is 1. The fraction of sp³-hybridized carbons (Fsp3) is 0.538. The molecule has 0 atom stereocenters. The lowest BCUT2D eigenvalue weighted by Crippen LogP contribution is -2.37. The number of carbonyl (C=O) groups is 1. The quantitative estimate of drug-likeness (QED) is 0.849. The first-order chi connectivity index (χ1) is 10.2. The summed E-state index contributed by atoms with van der Waals surface area (Å²) in [6, 6.07) is 0. The Kier molecular flexibility index (Phi) is 3.59. The highest BCUT2D eigenvalue weighted by atomic mass is 16.2. The van der Waals surface area contributed by atoms with Crippen LogP contribution in [0.3, 0.4) is 0 Å². The van der Waals surface area contributed by atoms with E-state index in [1.54, 1.807) is 13.2 Å². The summed E-state index contributed by atoms with van der Waals surface area (Å²) in [5.41, 5.74) is 0.657. The summed E-state index contributed by atoms with van der Waals surface area (Å²) >= 11 is 0. The van der Waals surface area contributed by atoms with E-state index in [-0.39, 0.29) is 5.91 Å². The Morgan fingerprint density at radius 1 is 1.43 bits per heavy atom. The molecule has 112 valence electrons. The molecule has 1 amide bonds. The molecule has 0 aliphatic carbocycles. The first-order valence-electron chi connectivity index (χ1n) is 7.07. The maximum Gasteiger partial charge on any atom is 0.242 e. The van der Waals surface area contributed by atoms with Crippen LogP contribution in [0, 0.1) is 0 Å². The van der Waals surface area contributed by atoms with Crippen molar-refractivity contribution in [2.24, 2.45) is 0 Å². The van der Waals surface area contributed by atoms with Crippen LogP contribution in [-0.2, 0) is 4.79 Å². The number of likely N-dealkylation sites (tertiary alicyclic amines) is 1. The fourth-order valence-corrected chi connectivity index (χ4v) is 2.57. The zero-order valence-electron chi connectivity index (χ0n) is 12.3. The van der Waals surface area contributed by atoms with Crippen LogP contribution in [0.2, 0.25) is 0 Å². The standard InChI is InChI=1S/C13H19N7O/c1-14-13-16-11-9(7-15-18-11)12(17-13)19(2)8-10(21)20-5-3-4-6-20/h7H,3-6,8H2,1-2H3,(H2,14,15,16,17,18). The van der Waals surface area contributed by atoms with Crippen molar-refractivity contribution in [1.82, 2.24) is 25.1 Å². The van der Waals surface area contributed by atoms with E-state index in [0.29, 0.717) is 24.0 Å². The number of hydrogen-bond donors (Lipinski definition) is 2. The van der Waals surface area contributed by atoms with Gasteiger partial charge in [-0.25, -0.2) is 0 Å². The Morgan fingerprint density at radius 3 is 2.90 bits per heavy atom. The Morgan fingerprint density at radius 2 is 2.19 bits per heavy atom. The molecular weight excluding hydrogens is 270 g/mol. The Balaban J connectivity index is 1.84. The van der Waals surface area contributed by atoms with Gasteiger partial charge in [-0.1, -0.05) is 0 Å². The van der Waals surface area contributed by atoms with Crippen molar-refractivity contribution in [3.05, 3.63) is 6.20 Å². The van der Waals surface area contributed by atoms with Crippen LogP contribution in [0.4, 0.5) is 11.8 Å². The van der Waals surface area contributed by atoms with Crippen LogP contribution in [0.1, 0.15) is 12.8 Å². The van der Waals surface area contributed by atoms with Crippen LogP contribution >= 0.6 is 0 Å².